The monoisotopic (exact) mass is 255 g/mol. The molecule has 18 heavy (non-hydrogen) atoms. The van der Waals surface area contributed by atoms with Crippen molar-refractivity contribution < 1.29 is 4.79 Å². The number of rotatable bonds is 4. The second-order valence-electron chi connectivity index (χ2n) is 5.54. The summed E-state index contributed by atoms with van der Waals surface area (Å²) in [5, 5.41) is 3.56. The van der Waals surface area contributed by atoms with E-state index in [4.69, 9.17) is 0 Å². The summed E-state index contributed by atoms with van der Waals surface area (Å²) in [5.41, 5.74) is 0. The third-order valence-electron chi connectivity index (χ3n) is 3.54. The molecular formula is C14H29N3O. The summed E-state index contributed by atoms with van der Waals surface area (Å²) < 4.78 is 0. The van der Waals surface area contributed by atoms with Gasteiger partial charge in [0.25, 0.3) is 0 Å². The van der Waals surface area contributed by atoms with E-state index in [1.54, 1.807) is 0 Å². The molecule has 0 aliphatic carbocycles. The lowest BCUT2D eigenvalue weighted by molar-refractivity contribution is 0.155. The second kappa shape index (κ2) is 7.62. The Morgan fingerprint density at radius 3 is 2.61 bits per heavy atom. The van der Waals surface area contributed by atoms with Crippen molar-refractivity contribution in [1.82, 2.24) is 15.1 Å². The van der Waals surface area contributed by atoms with Crippen LogP contribution in [0.1, 0.15) is 40.5 Å². The fourth-order valence-corrected chi connectivity index (χ4v) is 2.59. The first-order valence-electron chi connectivity index (χ1n) is 7.35. The van der Waals surface area contributed by atoms with Gasteiger partial charge in [-0.1, -0.05) is 13.8 Å². The quantitative estimate of drug-likeness (QED) is 0.835. The van der Waals surface area contributed by atoms with Gasteiger partial charge in [-0.2, -0.15) is 0 Å². The highest BCUT2D eigenvalue weighted by Crippen LogP contribution is 2.11. The predicted molar refractivity (Wildman–Crippen MR) is 75.8 cm³/mol. The smallest absolute Gasteiger partial charge is 0.320 e. The molecule has 0 saturated carbocycles. The number of hydrogen-bond acceptors (Lipinski definition) is 2. The van der Waals surface area contributed by atoms with Crippen LogP contribution in [0.15, 0.2) is 0 Å². The normalized spacial score (nSPS) is 20.9. The van der Waals surface area contributed by atoms with E-state index >= 15 is 0 Å². The van der Waals surface area contributed by atoms with Gasteiger partial charge < -0.3 is 15.1 Å². The van der Waals surface area contributed by atoms with Crippen LogP contribution in [0.3, 0.4) is 0 Å². The minimum absolute atomic E-state index is 0.206. The van der Waals surface area contributed by atoms with E-state index in [9.17, 15) is 4.79 Å². The first-order chi connectivity index (χ1) is 8.58. The van der Waals surface area contributed by atoms with E-state index in [2.05, 4.69) is 19.2 Å². The lowest BCUT2D eigenvalue weighted by atomic mass is 10.0. The molecule has 1 heterocycles. The Balaban J connectivity index is 2.60. The summed E-state index contributed by atoms with van der Waals surface area (Å²) >= 11 is 0. The van der Waals surface area contributed by atoms with Gasteiger partial charge in [0.1, 0.15) is 0 Å². The summed E-state index contributed by atoms with van der Waals surface area (Å²) in [5.74, 6) is 0.672. The zero-order valence-electron chi connectivity index (χ0n) is 12.4. The standard InChI is InChI=1S/C14H29N3O/c1-5-16(6-2)14(18)17-9-7-8-15-13(11-17)10-12(3)4/h12-13,15H,5-11H2,1-4H3. The van der Waals surface area contributed by atoms with Crippen molar-refractivity contribution in [2.24, 2.45) is 5.92 Å². The number of carbonyl (C=O) groups is 1. The molecule has 0 aromatic rings. The molecular weight excluding hydrogens is 226 g/mol. The summed E-state index contributed by atoms with van der Waals surface area (Å²) in [6, 6.07) is 0.657. The lowest BCUT2D eigenvalue weighted by Gasteiger charge is -2.30. The van der Waals surface area contributed by atoms with Crippen LogP contribution in [-0.2, 0) is 0 Å². The minimum Gasteiger partial charge on any atom is -0.325 e. The van der Waals surface area contributed by atoms with E-state index in [0.717, 1.165) is 45.6 Å². The Kier molecular flexibility index (Phi) is 6.47. The number of amides is 2. The van der Waals surface area contributed by atoms with Crippen LogP contribution < -0.4 is 5.32 Å². The highest BCUT2D eigenvalue weighted by molar-refractivity contribution is 5.74. The largest absolute Gasteiger partial charge is 0.325 e. The topological polar surface area (TPSA) is 35.6 Å². The molecule has 1 fully saturated rings. The molecule has 2 amide bonds. The zero-order chi connectivity index (χ0) is 13.5. The van der Waals surface area contributed by atoms with Crippen molar-refractivity contribution in [3.05, 3.63) is 0 Å². The Hall–Kier alpha value is -0.770. The van der Waals surface area contributed by atoms with Crippen LogP contribution in [-0.4, -0.2) is 54.6 Å². The van der Waals surface area contributed by atoms with Crippen LogP contribution in [0.5, 0.6) is 0 Å². The predicted octanol–water partition coefficient (Wildman–Crippen LogP) is 2.16. The fourth-order valence-electron chi connectivity index (χ4n) is 2.59. The molecule has 1 aliphatic heterocycles. The first kappa shape index (κ1) is 15.3. The van der Waals surface area contributed by atoms with Crippen molar-refractivity contribution >= 4 is 6.03 Å². The molecule has 1 atom stereocenters. The maximum atomic E-state index is 12.4. The van der Waals surface area contributed by atoms with E-state index in [1.807, 2.05) is 23.6 Å². The van der Waals surface area contributed by atoms with Crippen molar-refractivity contribution in [2.45, 2.75) is 46.6 Å². The van der Waals surface area contributed by atoms with Crippen LogP contribution >= 0.6 is 0 Å². The minimum atomic E-state index is 0.206. The molecule has 1 rings (SSSR count). The van der Waals surface area contributed by atoms with Crippen molar-refractivity contribution in [3.63, 3.8) is 0 Å². The molecule has 106 valence electrons. The number of carbonyl (C=O) groups excluding carboxylic acids is 1. The second-order valence-corrected chi connectivity index (χ2v) is 5.54. The number of hydrogen-bond donors (Lipinski definition) is 1. The van der Waals surface area contributed by atoms with Gasteiger partial charge in [-0.3, -0.25) is 0 Å². The maximum absolute atomic E-state index is 12.4. The highest BCUT2D eigenvalue weighted by atomic mass is 16.2. The molecule has 1 unspecified atom stereocenters. The van der Waals surface area contributed by atoms with Crippen molar-refractivity contribution in [1.29, 1.82) is 0 Å². The average molecular weight is 255 g/mol. The Morgan fingerprint density at radius 2 is 2.06 bits per heavy atom. The van der Waals surface area contributed by atoms with Gasteiger partial charge in [-0.25, -0.2) is 4.79 Å². The summed E-state index contributed by atoms with van der Waals surface area (Å²) in [4.78, 5) is 16.3. The molecule has 1 aliphatic rings. The molecule has 1 saturated heterocycles. The van der Waals surface area contributed by atoms with E-state index in [0.29, 0.717) is 12.0 Å². The third-order valence-corrected chi connectivity index (χ3v) is 3.54. The SMILES string of the molecule is CCN(CC)C(=O)N1CCCNC(CC(C)C)C1. The van der Waals surface area contributed by atoms with Crippen LogP contribution in [0, 0.1) is 5.92 Å². The van der Waals surface area contributed by atoms with Gasteiger partial charge >= 0.3 is 6.03 Å². The molecule has 1 N–H and O–H groups in total. The van der Waals surface area contributed by atoms with Crippen LogP contribution in [0.2, 0.25) is 0 Å². The highest BCUT2D eigenvalue weighted by Gasteiger charge is 2.24. The molecule has 0 aromatic heterocycles. The van der Waals surface area contributed by atoms with Gasteiger partial charge in [0.2, 0.25) is 0 Å². The van der Waals surface area contributed by atoms with Gasteiger partial charge in [-0.15, -0.1) is 0 Å². The number of nitrogens with zero attached hydrogens (tertiary/aromatic N) is 2. The molecule has 0 radical (unpaired) electrons. The number of nitrogens with one attached hydrogen (secondary N) is 1. The number of urea groups is 1. The molecule has 4 heteroatoms. The molecule has 4 nitrogen and oxygen atoms in total. The Morgan fingerprint density at radius 1 is 1.39 bits per heavy atom. The van der Waals surface area contributed by atoms with Gasteiger partial charge in [0.15, 0.2) is 0 Å². The van der Waals surface area contributed by atoms with Crippen molar-refractivity contribution in [2.75, 3.05) is 32.7 Å². The Labute approximate surface area is 112 Å². The maximum Gasteiger partial charge on any atom is 0.320 e. The van der Waals surface area contributed by atoms with Gasteiger partial charge in [-0.05, 0) is 39.2 Å². The lowest BCUT2D eigenvalue weighted by Crippen LogP contribution is -2.47. The van der Waals surface area contributed by atoms with Crippen LogP contribution in [0.4, 0.5) is 4.79 Å². The van der Waals surface area contributed by atoms with E-state index in [1.165, 1.54) is 0 Å². The fraction of sp³-hybridized carbons (Fsp3) is 0.929. The third kappa shape index (κ3) is 4.48. The Bertz CT molecular complexity index is 251. The van der Waals surface area contributed by atoms with Gasteiger partial charge in [0.05, 0.1) is 0 Å². The summed E-state index contributed by atoms with van der Waals surface area (Å²) in [6.45, 7) is 12.9. The van der Waals surface area contributed by atoms with E-state index < -0.39 is 0 Å². The zero-order valence-corrected chi connectivity index (χ0v) is 12.4. The van der Waals surface area contributed by atoms with Crippen LogP contribution in [0.25, 0.3) is 0 Å². The molecule has 0 aromatic carbocycles. The molecule has 0 bridgehead atoms. The summed E-state index contributed by atoms with van der Waals surface area (Å²) in [6.07, 6.45) is 2.20. The molecule has 0 spiro atoms. The first-order valence-corrected chi connectivity index (χ1v) is 7.35. The van der Waals surface area contributed by atoms with Crippen molar-refractivity contribution in [3.8, 4) is 0 Å². The summed E-state index contributed by atoms with van der Waals surface area (Å²) in [7, 11) is 0. The van der Waals surface area contributed by atoms with Gasteiger partial charge in [0, 0.05) is 32.2 Å². The van der Waals surface area contributed by atoms with E-state index in [-0.39, 0.29) is 6.03 Å². The average Bonchev–Trinajstić information content (AvgIpc) is 2.55.